The fraction of sp³-hybridized carbons (Fsp3) is 1.00. The van der Waals surface area contributed by atoms with Gasteiger partial charge in [-0.05, 0) is 18.9 Å². The molecule has 1 heterocycles. The summed E-state index contributed by atoms with van der Waals surface area (Å²) in [4.78, 5) is 1.81. The Kier molecular flexibility index (Phi) is 2.47. The molecule has 1 saturated heterocycles. The van der Waals surface area contributed by atoms with Crippen LogP contribution in [-0.4, -0.2) is 30.5 Å². The standard InChI is InChI=1S/C8H15F2N/c1-7(2)3-4-11-5-8(9,10)6-11/h7H,3-6H2,1-2H3. The van der Waals surface area contributed by atoms with E-state index in [0.29, 0.717) is 5.92 Å². The van der Waals surface area contributed by atoms with Gasteiger partial charge in [0.25, 0.3) is 5.92 Å². The van der Waals surface area contributed by atoms with E-state index in [1.165, 1.54) is 0 Å². The molecule has 0 aromatic rings. The van der Waals surface area contributed by atoms with E-state index in [-0.39, 0.29) is 13.1 Å². The summed E-state index contributed by atoms with van der Waals surface area (Å²) in [5.41, 5.74) is 0. The normalized spacial score (nSPS) is 23.7. The second-order valence-electron chi connectivity index (χ2n) is 3.75. The van der Waals surface area contributed by atoms with Crippen LogP contribution in [0.3, 0.4) is 0 Å². The number of rotatable bonds is 3. The Morgan fingerprint density at radius 1 is 1.36 bits per heavy atom. The van der Waals surface area contributed by atoms with E-state index in [2.05, 4.69) is 13.8 Å². The van der Waals surface area contributed by atoms with Crippen LogP contribution in [0.1, 0.15) is 20.3 Å². The van der Waals surface area contributed by atoms with Crippen LogP contribution in [0.25, 0.3) is 0 Å². The van der Waals surface area contributed by atoms with Gasteiger partial charge in [0.05, 0.1) is 13.1 Å². The first-order chi connectivity index (χ1) is 4.99. The van der Waals surface area contributed by atoms with Crippen molar-refractivity contribution in [2.45, 2.75) is 26.2 Å². The number of nitrogens with zero attached hydrogens (tertiary/aromatic N) is 1. The van der Waals surface area contributed by atoms with Gasteiger partial charge in [-0.1, -0.05) is 13.8 Å². The second-order valence-corrected chi connectivity index (χ2v) is 3.75. The topological polar surface area (TPSA) is 3.24 Å². The Morgan fingerprint density at radius 3 is 2.27 bits per heavy atom. The lowest BCUT2D eigenvalue weighted by Crippen LogP contribution is -2.56. The van der Waals surface area contributed by atoms with E-state index in [1.54, 1.807) is 4.90 Å². The van der Waals surface area contributed by atoms with E-state index in [0.717, 1.165) is 13.0 Å². The summed E-state index contributed by atoms with van der Waals surface area (Å²) < 4.78 is 24.5. The molecule has 0 bridgehead atoms. The van der Waals surface area contributed by atoms with Gasteiger partial charge in [-0.15, -0.1) is 0 Å². The maximum absolute atomic E-state index is 12.3. The average molecular weight is 163 g/mol. The van der Waals surface area contributed by atoms with Gasteiger partial charge < -0.3 is 0 Å². The molecule has 1 aliphatic heterocycles. The van der Waals surface area contributed by atoms with Gasteiger partial charge in [-0.3, -0.25) is 4.90 Å². The highest BCUT2D eigenvalue weighted by Crippen LogP contribution is 2.26. The van der Waals surface area contributed by atoms with Gasteiger partial charge in [-0.25, -0.2) is 8.78 Å². The first-order valence-electron chi connectivity index (χ1n) is 4.10. The van der Waals surface area contributed by atoms with Crippen molar-refractivity contribution in [3.63, 3.8) is 0 Å². The summed E-state index contributed by atoms with van der Waals surface area (Å²) in [5, 5.41) is 0. The third kappa shape index (κ3) is 2.73. The van der Waals surface area contributed by atoms with Gasteiger partial charge in [0.1, 0.15) is 0 Å². The van der Waals surface area contributed by atoms with Crippen LogP contribution in [-0.2, 0) is 0 Å². The lowest BCUT2D eigenvalue weighted by molar-refractivity contribution is -0.131. The fourth-order valence-corrected chi connectivity index (χ4v) is 1.21. The molecular weight excluding hydrogens is 148 g/mol. The van der Waals surface area contributed by atoms with Crippen molar-refractivity contribution in [2.24, 2.45) is 5.92 Å². The molecule has 0 unspecified atom stereocenters. The van der Waals surface area contributed by atoms with Crippen LogP contribution < -0.4 is 0 Å². The molecule has 1 nitrogen and oxygen atoms in total. The highest BCUT2D eigenvalue weighted by atomic mass is 19.3. The fourth-order valence-electron chi connectivity index (χ4n) is 1.21. The van der Waals surface area contributed by atoms with E-state index < -0.39 is 5.92 Å². The monoisotopic (exact) mass is 163 g/mol. The number of hydrogen-bond donors (Lipinski definition) is 0. The number of alkyl halides is 2. The second kappa shape index (κ2) is 3.05. The number of halogens is 2. The zero-order valence-corrected chi connectivity index (χ0v) is 7.11. The molecule has 1 fully saturated rings. The van der Waals surface area contributed by atoms with Crippen LogP contribution in [0.2, 0.25) is 0 Å². The van der Waals surface area contributed by atoms with Crippen molar-refractivity contribution in [1.82, 2.24) is 4.90 Å². The van der Waals surface area contributed by atoms with Gasteiger partial charge in [0.15, 0.2) is 0 Å². The molecule has 0 aliphatic carbocycles. The Hall–Kier alpha value is -0.180. The van der Waals surface area contributed by atoms with Crippen LogP contribution >= 0.6 is 0 Å². The molecule has 0 aromatic carbocycles. The summed E-state index contributed by atoms with van der Waals surface area (Å²) >= 11 is 0. The molecule has 0 amide bonds. The van der Waals surface area contributed by atoms with Gasteiger partial charge in [0.2, 0.25) is 0 Å². The SMILES string of the molecule is CC(C)CCN1CC(F)(F)C1. The molecule has 0 radical (unpaired) electrons. The minimum Gasteiger partial charge on any atom is -0.291 e. The van der Waals surface area contributed by atoms with Crippen LogP contribution in [0.15, 0.2) is 0 Å². The summed E-state index contributed by atoms with van der Waals surface area (Å²) in [5.74, 6) is -1.78. The van der Waals surface area contributed by atoms with Crippen molar-refractivity contribution >= 4 is 0 Å². The quantitative estimate of drug-likeness (QED) is 0.615. The summed E-state index contributed by atoms with van der Waals surface area (Å²) in [6, 6.07) is 0. The summed E-state index contributed by atoms with van der Waals surface area (Å²) in [6.07, 6.45) is 1.02. The largest absolute Gasteiger partial charge is 0.291 e. The summed E-state index contributed by atoms with van der Waals surface area (Å²) in [6.45, 7) is 4.99. The minimum absolute atomic E-state index is 0.0281. The summed E-state index contributed by atoms with van der Waals surface area (Å²) in [7, 11) is 0. The van der Waals surface area contributed by atoms with Crippen molar-refractivity contribution in [2.75, 3.05) is 19.6 Å². The van der Waals surface area contributed by atoms with Crippen molar-refractivity contribution in [1.29, 1.82) is 0 Å². The van der Waals surface area contributed by atoms with Crippen molar-refractivity contribution < 1.29 is 8.78 Å². The minimum atomic E-state index is -2.39. The molecule has 66 valence electrons. The van der Waals surface area contributed by atoms with Gasteiger partial charge in [-0.2, -0.15) is 0 Å². The smallest absolute Gasteiger partial charge is 0.272 e. The third-order valence-electron chi connectivity index (χ3n) is 1.93. The average Bonchev–Trinajstić information content (AvgIpc) is 1.78. The molecule has 1 aliphatic rings. The van der Waals surface area contributed by atoms with Crippen molar-refractivity contribution in [3.05, 3.63) is 0 Å². The first-order valence-corrected chi connectivity index (χ1v) is 4.10. The lowest BCUT2D eigenvalue weighted by atomic mass is 10.1. The van der Waals surface area contributed by atoms with E-state index >= 15 is 0 Å². The lowest BCUT2D eigenvalue weighted by Gasteiger charge is -2.38. The van der Waals surface area contributed by atoms with Crippen LogP contribution in [0, 0.1) is 5.92 Å². The van der Waals surface area contributed by atoms with E-state index in [1.807, 2.05) is 0 Å². The zero-order valence-electron chi connectivity index (χ0n) is 7.11. The zero-order chi connectivity index (χ0) is 8.48. The van der Waals surface area contributed by atoms with Gasteiger partial charge in [0, 0.05) is 0 Å². The maximum atomic E-state index is 12.3. The van der Waals surface area contributed by atoms with Crippen LogP contribution in [0.5, 0.6) is 0 Å². The molecule has 0 saturated carbocycles. The Morgan fingerprint density at radius 2 is 1.91 bits per heavy atom. The highest BCUT2D eigenvalue weighted by molar-refractivity contribution is 4.86. The Balaban J connectivity index is 2.05. The van der Waals surface area contributed by atoms with E-state index in [9.17, 15) is 8.78 Å². The van der Waals surface area contributed by atoms with Gasteiger partial charge >= 0.3 is 0 Å². The molecular formula is C8H15F2N. The Labute approximate surface area is 66.4 Å². The molecule has 0 atom stereocenters. The first kappa shape index (κ1) is 8.91. The third-order valence-corrected chi connectivity index (χ3v) is 1.93. The maximum Gasteiger partial charge on any atom is 0.272 e. The predicted octanol–water partition coefficient (Wildman–Crippen LogP) is 1.98. The molecule has 0 spiro atoms. The van der Waals surface area contributed by atoms with E-state index in [4.69, 9.17) is 0 Å². The molecule has 3 heteroatoms. The number of hydrogen-bond acceptors (Lipinski definition) is 1. The molecule has 11 heavy (non-hydrogen) atoms. The van der Waals surface area contributed by atoms with Crippen LogP contribution in [0.4, 0.5) is 8.78 Å². The van der Waals surface area contributed by atoms with Crippen molar-refractivity contribution in [3.8, 4) is 0 Å². The molecule has 0 N–H and O–H groups in total. The molecule has 1 rings (SSSR count). The number of likely N-dealkylation sites (tertiary alicyclic amines) is 1. The highest BCUT2D eigenvalue weighted by Gasteiger charge is 2.43. The molecule has 0 aromatic heterocycles. The predicted molar refractivity (Wildman–Crippen MR) is 40.8 cm³/mol. The Bertz CT molecular complexity index is 126.